The van der Waals surface area contributed by atoms with Crippen molar-refractivity contribution in [2.75, 3.05) is 13.1 Å². The van der Waals surface area contributed by atoms with E-state index in [9.17, 15) is 0 Å². The van der Waals surface area contributed by atoms with Crippen LogP contribution in [0.3, 0.4) is 0 Å². The summed E-state index contributed by atoms with van der Waals surface area (Å²) in [5.41, 5.74) is 0.367. The molecule has 0 aromatic rings. The van der Waals surface area contributed by atoms with Gasteiger partial charge in [0, 0.05) is 18.5 Å². The first kappa shape index (κ1) is 10.2. The van der Waals surface area contributed by atoms with Crippen molar-refractivity contribution in [2.45, 2.75) is 33.1 Å². The lowest BCUT2D eigenvalue weighted by molar-refractivity contribution is 0.381. The zero-order valence-corrected chi connectivity index (χ0v) is 8.13. The van der Waals surface area contributed by atoms with Crippen molar-refractivity contribution in [1.29, 1.82) is 0 Å². The fourth-order valence-electron chi connectivity index (χ4n) is 0.646. The molecule has 1 atom stereocenters. The first-order chi connectivity index (χ1) is 4.42. The number of alkyl halides is 1. The molecule has 0 radical (unpaired) electrons. The monoisotopic (exact) mass is 163 g/mol. The quantitative estimate of drug-likeness (QED) is 0.630. The van der Waals surface area contributed by atoms with Gasteiger partial charge < -0.3 is 5.32 Å². The molecule has 0 aromatic heterocycles. The maximum absolute atomic E-state index is 5.74. The third-order valence-corrected chi connectivity index (χ3v) is 1.24. The second kappa shape index (κ2) is 4.20. The van der Waals surface area contributed by atoms with Crippen LogP contribution in [-0.4, -0.2) is 18.5 Å². The van der Waals surface area contributed by atoms with Gasteiger partial charge in [0.05, 0.1) is 0 Å². The summed E-state index contributed by atoms with van der Waals surface area (Å²) in [5.74, 6) is 0. The highest BCUT2D eigenvalue weighted by atomic mass is 35.5. The van der Waals surface area contributed by atoms with Crippen LogP contribution >= 0.6 is 11.6 Å². The third kappa shape index (κ3) is 8.25. The lowest BCUT2D eigenvalue weighted by atomic mass is 9.97. The predicted molar refractivity (Wildman–Crippen MR) is 47.6 cm³/mol. The van der Waals surface area contributed by atoms with Gasteiger partial charge in [0.15, 0.2) is 0 Å². The molecule has 1 nitrogen and oxygen atoms in total. The molecule has 0 amide bonds. The summed E-state index contributed by atoms with van der Waals surface area (Å²) in [7, 11) is 0. The molecule has 1 unspecified atom stereocenters. The third-order valence-electron chi connectivity index (χ3n) is 1.08. The van der Waals surface area contributed by atoms with E-state index >= 15 is 0 Å². The van der Waals surface area contributed by atoms with E-state index in [2.05, 4.69) is 26.1 Å². The number of hydrogen-bond donors (Lipinski definition) is 1. The molecule has 0 heterocycles. The minimum absolute atomic E-state index is 0.238. The standard InChI is InChI=1S/C8H18ClN/c1-7(9)5-10-6-8(2,3)4/h7,10H,5-6H2,1-4H3. The number of nitrogens with one attached hydrogen (secondary N) is 1. The number of rotatable bonds is 3. The average Bonchev–Trinajstić information content (AvgIpc) is 1.59. The van der Waals surface area contributed by atoms with Gasteiger partial charge in [-0.05, 0) is 12.3 Å². The van der Waals surface area contributed by atoms with Gasteiger partial charge in [0.1, 0.15) is 0 Å². The van der Waals surface area contributed by atoms with E-state index in [0.717, 1.165) is 13.1 Å². The smallest absolute Gasteiger partial charge is 0.0432 e. The molecule has 10 heavy (non-hydrogen) atoms. The number of hydrogen-bond acceptors (Lipinski definition) is 1. The highest BCUT2D eigenvalue weighted by Crippen LogP contribution is 2.10. The van der Waals surface area contributed by atoms with Gasteiger partial charge in [0.25, 0.3) is 0 Å². The van der Waals surface area contributed by atoms with Crippen molar-refractivity contribution in [3.05, 3.63) is 0 Å². The van der Waals surface area contributed by atoms with Crippen LogP contribution < -0.4 is 5.32 Å². The Kier molecular flexibility index (Phi) is 4.30. The van der Waals surface area contributed by atoms with Gasteiger partial charge in [0.2, 0.25) is 0 Å². The summed E-state index contributed by atoms with van der Waals surface area (Å²) in [5, 5.41) is 3.53. The predicted octanol–water partition coefficient (Wildman–Crippen LogP) is 2.25. The molecule has 62 valence electrons. The van der Waals surface area contributed by atoms with E-state index < -0.39 is 0 Å². The molecule has 0 aliphatic rings. The van der Waals surface area contributed by atoms with E-state index in [4.69, 9.17) is 11.6 Å². The van der Waals surface area contributed by atoms with Crippen LogP contribution in [0.25, 0.3) is 0 Å². The fraction of sp³-hybridized carbons (Fsp3) is 1.00. The number of halogens is 1. The van der Waals surface area contributed by atoms with Crippen LogP contribution in [0.1, 0.15) is 27.7 Å². The minimum Gasteiger partial charge on any atom is -0.315 e. The van der Waals surface area contributed by atoms with E-state index in [-0.39, 0.29) is 5.38 Å². The summed E-state index contributed by atoms with van der Waals surface area (Å²) >= 11 is 5.74. The largest absolute Gasteiger partial charge is 0.315 e. The zero-order valence-electron chi connectivity index (χ0n) is 7.37. The Bertz CT molecular complexity index is 83.7. The second-order valence-corrected chi connectivity index (χ2v) is 4.72. The van der Waals surface area contributed by atoms with E-state index in [1.807, 2.05) is 6.92 Å². The maximum Gasteiger partial charge on any atom is 0.0432 e. The van der Waals surface area contributed by atoms with Crippen molar-refractivity contribution in [2.24, 2.45) is 5.41 Å². The first-order valence-corrected chi connectivity index (χ1v) is 4.20. The van der Waals surface area contributed by atoms with Crippen molar-refractivity contribution in [1.82, 2.24) is 5.32 Å². The van der Waals surface area contributed by atoms with Crippen LogP contribution in [0.2, 0.25) is 0 Å². The molecular weight excluding hydrogens is 146 g/mol. The van der Waals surface area contributed by atoms with Crippen LogP contribution in [-0.2, 0) is 0 Å². The maximum atomic E-state index is 5.74. The molecule has 0 aliphatic heterocycles. The van der Waals surface area contributed by atoms with Crippen LogP contribution in [0.4, 0.5) is 0 Å². The zero-order chi connectivity index (χ0) is 8.20. The highest BCUT2D eigenvalue weighted by molar-refractivity contribution is 6.20. The molecule has 0 bridgehead atoms. The summed E-state index contributed by atoms with van der Waals surface area (Å²) < 4.78 is 0. The molecule has 0 aliphatic carbocycles. The molecule has 1 N–H and O–H groups in total. The molecule has 0 rings (SSSR count). The van der Waals surface area contributed by atoms with Crippen LogP contribution in [0.15, 0.2) is 0 Å². The van der Waals surface area contributed by atoms with Gasteiger partial charge in [-0.25, -0.2) is 0 Å². The molecule has 0 fully saturated rings. The Balaban J connectivity index is 3.21. The van der Waals surface area contributed by atoms with Gasteiger partial charge in [-0.3, -0.25) is 0 Å². The lowest BCUT2D eigenvalue weighted by Gasteiger charge is -2.19. The van der Waals surface area contributed by atoms with Crippen LogP contribution in [0.5, 0.6) is 0 Å². The lowest BCUT2D eigenvalue weighted by Crippen LogP contribution is -2.30. The van der Waals surface area contributed by atoms with E-state index in [1.54, 1.807) is 0 Å². The van der Waals surface area contributed by atoms with Gasteiger partial charge in [-0.2, -0.15) is 0 Å². The summed E-state index contributed by atoms with van der Waals surface area (Å²) in [4.78, 5) is 0. The molecule has 0 saturated carbocycles. The summed E-state index contributed by atoms with van der Waals surface area (Å²) in [6.45, 7) is 10.6. The minimum atomic E-state index is 0.238. The topological polar surface area (TPSA) is 12.0 Å². The Hall–Kier alpha value is 0.250. The normalized spacial score (nSPS) is 15.3. The Morgan fingerprint density at radius 2 is 1.90 bits per heavy atom. The molecule has 0 spiro atoms. The molecule has 2 heteroatoms. The van der Waals surface area contributed by atoms with Gasteiger partial charge >= 0.3 is 0 Å². The highest BCUT2D eigenvalue weighted by Gasteiger charge is 2.08. The SMILES string of the molecule is CC(Cl)CNCC(C)(C)C. The molecule has 0 aromatic carbocycles. The average molecular weight is 164 g/mol. The van der Waals surface area contributed by atoms with Crippen LogP contribution in [0, 0.1) is 5.41 Å². The Morgan fingerprint density at radius 1 is 1.40 bits per heavy atom. The van der Waals surface area contributed by atoms with Crippen molar-refractivity contribution in [3.63, 3.8) is 0 Å². The van der Waals surface area contributed by atoms with Crippen molar-refractivity contribution < 1.29 is 0 Å². The molecular formula is C8H18ClN. The van der Waals surface area contributed by atoms with E-state index in [1.165, 1.54) is 0 Å². The van der Waals surface area contributed by atoms with Gasteiger partial charge in [-0.1, -0.05) is 20.8 Å². The van der Waals surface area contributed by atoms with Gasteiger partial charge in [-0.15, -0.1) is 11.6 Å². The summed E-state index contributed by atoms with van der Waals surface area (Å²) in [6, 6.07) is 0. The van der Waals surface area contributed by atoms with E-state index in [0.29, 0.717) is 5.41 Å². The first-order valence-electron chi connectivity index (χ1n) is 3.76. The fourth-order valence-corrected chi connectivity index (χ4v) is 0.755. The summed E-state index contributed by atoms with van der Waals surface area (Å²) in [6.07, 6.45) is 0. The van der Waals surface area contributed by atoms with Crippen molar-refractivity contribution in [3.8, 4) is 0 Å². The second-order valence-electron chi connectivity index (χ2n) is 3.97. The molecule has 0 saturated heterocycles. The van der Waals surface area contributed by atoms with Crippen molar-refractivity contribution >= 4 is 11.6 Å². The Morgan fingerprint density at radius 3 is 2.20 bits per heavy atom. The Labute approximate surface area is 69.1 Å².